The predicted octanol–water partition coefficient (Wildman–Crippen LogP) is 1.97. The van der Waals surface area contributed by atoms with Gasteiger partial charge in [0, 0.05) is 30.3 Å². The van der Waals surface area contributed by atoms with E-state index in [4.69, 9.17) is 4.74 Å². The number of aromatic nitrogens is 1. The summed E-state index contributed by atoms with van der Waals surface area (Å²) in [7, 11) is 3.94. The second-order valence-electron chi connectivity index (χ2n) is 6.80. The van der Waals surface area contributed by atoms with Crippen molar-refractivity contribution in [2.24, 2.45) is 0 Å². The molecule has 6 heteroatoms. The van der Waals surface area contributed by atoms with E-state index in [2.05, 4.69) is 10.3 Å². The Labute approximate surface area is 153 Å². The number of carbonyl (C=O) groups excluding carboxylic acids is 1. The average molecular weight is 355 g/mol. The molecule has 0 spiro atoms. The summed E-state index contributed by atoms with van der Waals surface area (Å²) in [5.74, 6) is 0.349. The van der Waals surface area contributed by atoms with Gasteiger partial charge in [0.25, 0.3) is 5.91 Å². The van der Waals surface area contributed by atoms with E-state index in [1.165, 1.54) is 0 Å². The molecule has 2 aromatic rings. The zero-order valence-electron chi connectivity index (χ0n) is 15.2. The first-order chi connectivity index (χ1) is 12.6. The molecule has 2 N–H and O–H groups in total. The first-order valence-corrected chi connectivity index (χ1v) is 8.82. The summed E-state index contributed by atoms with van der Waals surface area (Å²) in [6.07, 6.45) is 2.29. The highest BCUT2D eigenvalue weighted by Gasteiger charge is 2.31. The molecule has 0 saturated carbocycles. The van der Waals surface area contributed by atoms with Crippen molar-refractivity contribution in [2.45, 2.75) is 18.4 Å². The van der Waals surface area contributed by atoms with Crippen LogP contribution < -0.4 is 10.1 Å². The number of aliphatic hydroxyl groups is 1. The Morgan fingerprint density at radius 2 is 2.08 bits per heavy atom. The second kappa shape index (κ2) is 8.29. The van der Waals surface area contributed by atoms with Crippen molar-refractivity contribution in [1.29, 1.82) is 0 Å². The molecule has 138 valence electrons. The summed E-state index contributed by atoms with van der Waals surface area (Å²) in [5, 5.41) is 12.7. The zero-order valence-corrected chi connectivity index (χ0v) is 15.2. The molecule has 1 amide bonds. The molecule has 0 radical (unpaired) electrons. The minimum absolute atomic E-state index is 0.0684. The molecule has 1 aromatic carbocycles. The van der Waals surface area contributed by atoms with E-state index in [1.54, 1.807) is 18.3 Å². The largest absolute Gasteiger partial charge is 0.476 e. The summed E-state index contributed by atoms with van der Waals surface area (Å²) in [4.78, 5) is 18.9. The molecule has 1 aliphatic carbocycles. The molecule has 0 fully saturated rings. The Bertz CT molecular complexity index is 763. The molecule has 0 saturated heterocycles. The van der Waals surface area contributed by atoms with Crippen LogP contribution in [0.15, 0.2) is 42.6 Å². The summed E-state index contributed by atoms with van der Waals surface area (Å²) in [6.45, 7) is 1.38. The van der Waals surface area contributed by atoms with Gasteiger partial charge in [-0.15, -0.1) is 0 Å². The van der Waals surface area contributed by atoms with Crippen LogP contribution in [0.2, 0.25) is 0 Å². The van der Waals surface area contributed by atoms with E-state index in [1.807, 2.05) is 43.3 Å². The van der Waals surface area contributed by atoms with Gasteiger partial charge >= 0.3 is 0 Å². The maximum absolute atomic E-state index is 12.7. The van der Waals surface area contributed by atoms with Crippen molar-refractivity contribution in [1.82, 2.24) is 15.2 Å². The number of ether oxygens (including phenoxy) is 1. The molecular formula is C20H25N3O3. The fourth-order valence-electron chi connectivity index (χ4n) is 3.25. The Hall–Kier alpha value is -2.44. The molecule has 0 bridgehead atoms. The van der Waals surface area contributed by atoms with E-state index in [-0.39, 0.29) is 24.5 Å². The summed E-state index contributed by atoms with van der Waals surface area (Å²) >= 11 is 0. The number of likely N-dealkylation sites (N-methyl/N-ethyl adjacent to an activating group) is 1. The molecule has 2 atom stereocenters. The van der Waals surface area contributed by atoms with Crippen LogP contribution in [0.25, 0.3) is 0 Å². The van der Waals surface area contributed by atoms with Gasteiger partial charge in [-0.1, -0.05) is 24.3 Å². The number of nitrogens with zero attached hydrogens (tertiary/aromatic N) is 2. The van der Waals surface area contributed by atoms with E-state index in [9.17, 15) is 9.90 Å². The Balaban J connectivity index is 1.67. The Kier molecular flexibility index (Phi) is 5.85. The lowest BCUT2D eigenvalue weighted by Crippen LogP contribution is -2.27. The third kappa shape index (κ3) is 4.20. The minimum Gasteiger partial charge on any atom is -0.476 e. The van der Waals surface area contributed by atoms with Crippen LogP contribution in [0.3, 0.4) is 0 Å². The van der Waals surface area contributed by atoms with E-state index < -0.39 is 0 Å². The number of hydrogen-bond acceptors (Lipinski definition) is 5. The Morgan fingerprint density at radius 1 is 1.31 bits per heavy atom. The molecule has 3 rings (SSSR count). The van der Waals surface area contributed by atoms with Gasteiger partial charge in [0.05, 0.1) is 12.6 Å². The van der Waals surface area contributed by atoms with Gasteiger partial charge in [-0.25, -0.2) is 4.98 Å². The fourth-order valence-corrected chi connectivity index (χ4v) is 3.25. The number of nitrogens with one attached hydrogen (secondary N) is 1. The van der Waals surface area contributed by atoms with Crippen molar-refractivity contribution < 1.29 is 14.6 Å². The van der Waals surface area contributed by atoms with Crippen molar-refractivity contribution in [3.05, 3.63) is 59.3 Å². The molecule has 26 heavy (non-hydrogen) atoms. The van der Waals surface area contributed by atoms with Crippen LogP contribution in [-0.2, 0) is 0 Å². The van der Waals surface area contributed by atoms with Crippen LogP contribution in [0.4, 0.5) is 0 Å². The topological polar surface area (TPSA) is 74.7 Å². The van der Waals surface area contributed by atoms with Crippen molar-refractivity contribution in [3.8, 4) is 5.88 Å². The van der Waals surface area contributed by atoms with Crippen molar-refractivity contribution >= 4 is 5.91 Å². The predicted molar refractivity (Wildman–Crippen MR) is 99.4 cm³/mol. The third-order valence-electron chi connectivity index (χ3n) is 4.64. The molecule has 1 heterocycles. The van der Waals surface area contributed by atoms with Gasteiger partial charge in [0.15, 0.2) is 0 Å². The minimum atomic E-state index is -0.164. The average Bonchev–Trinajstić information content (AvgIpc) is 2.99. The number of fused-ring (bicyclic) bond motifs is 1. The van der Waals surface area contributed by atoms with Crippen LogP contribution in [0, 0.1) is 0 Å². The Morgan fingerprint density at radius 3 is 2.81 bits per heavy atom. The first-order valence-electron chi connectivity index (χ1n) is 8.82. The van der Waals surface area contributed by atoms with Gasteiger partial charge in [-0.2, -0.15) is 0 Å². The number of hydrogen-bond donors (Lipinski definition) is 2. The number of rotatable bonds is 7. The number of amides is 1. The van der Waals surface area contributed by atoms with E-state index in [0.29, 0.717) is 24.5 Å². The van der Waals surface area contributed by atoms with E-state index in [0.717, 1.165) is 17.7 Å². The molecule has 0 aliphatic heterocycles. The summed E-state index contributed by atoms with van der Waals surface area (Å²) in [6, 6.07) is 11.2. The maximum atomic E-state index is 12.7. The van der Waals surface area contributed by atoms with Crippen LogP contribution >= 0.6 is 0 Å². The third-order valence-corrected chi connectivity index (χ3v) is 4.64. The molecule has 0 unspecified atom stereocenters. The van der Waals surface area contributed by atoms with Crippen molar-refractivity contribution in [3.63, 3.8) is 0 Å². The fraction of sp³-hybridized carbons (Fsp3) is 0.400. The molecular weight excluding hydrogens is 330 g/mol. The van der Waals surface area contributed by atoms with Crippen LogP contribution in [0.1, 0.15) is 39.9 Å². The molecule has 1 aliphatic rings. The van der Waals surface area contributed by atoms with Crippen LogP contribution in [-0.4, -0.2) is 54.8 Å². The quantitative estimate of drug-likeness (QED) is 0.794. The number of aliphatic hydroxyl groups excluding tert-OH is 1. The van der Waals surface area contributed by atoms with Gasteiger partial charge in [0.1, 0.15) is 6.61 Å². The van der Waals surface area contributed by atoms with Gasteiger partial charge < -0.3 is 20.1 Å². The molecule has 6 nitrogen and oxygen atoms in total. The SMILES string of the molecule is CN(C)CCOc1cc(C(=O)N[C@@H]2C[C@H](CO)c3ccccc32)ccn1. The second-order valence-corrected chi connectivity index (χ2v) is 6.80. The maximum Gasteiger partial charge on any atom is 0.252 e. The number of carbonyl (C=O) groups is 1. The van der Waals surface area contributed by atoms with Gasteiger partial charge in [-0.05, 0) is 37.7 Å². The van der Waals surface area contributed by atoms with Gasteiger partial charge in [0.2, 0.25) is 5.88 Å². The highest BCUT2D eigenvalue weighted by molar-refractivity contribution is 5.94. The molecule has 1 aromatic heterocycles. The zero-order chi connectivity index (χ0) is 18.5. The highest BCUT2D eigenvalue weighted by Crippen LogP contribution is 2.39. The monoisotopic (exact) mass is 355 g/mol. The lowest BCUT2D eigenvalue weighted by molar-refractivity contribution is 0.0933. The highest BCUT2D eigenvalue weighted by atomic mass is 16.5. The summed E-state index contributed by atoms with van der Waals surface area (Å²) in [5.41, 5.74) is 2.71. The summed E-state index contributed by atoms with van der Waals surface area (Å²) < 4.78 is 5.60. The van der Waals surface area contributed by atoms with E-state index >= 15 is 0 Å². The van der Waals surface area contributed by atoms with Crippen LogP contribution in [0.5, 0.6) is 5.88 Å². The normalized spacial score (nSPS) is 18.6. The standard InChI is InChI=1S/C20H25N3O3/c1-23(2)9-10-26-19-12-14(7-8-21-19)20(25)22-18-11-15(13-24)16-5-3-4-6-17(16)18/h3-8,12,15,18,24H,9-11,13H2,1-2H3,(H,22,25)/t15-,18-/m1/s1. The lowest BCUT2D eigenvalue weighted by atomic mass is 10.0. The first kappa shape index (κ1) is 18.4. The van der Waals surface area contributed by atoms with Gasteiger partial charge in [-0.3, -0.25) is 4.79 Å². The number of benzene rings is 1. The number of pyridine rings is 1. The smallest absolute Gasteiger partial charge is 0.252 e. The van der Waals surface area contributed by atoms with Crippen molar-refractivity contribution in [2.75, 3.05) is 33.9 Å². The lowest BCUT2D eigenvalue weighted by Gasteiger charge is -2.15.